The molecule has 7 heteroatoms. The Morgan fingerprint density at radius 2 is 1.60 bits per heavy atom. The highest BCUT2D eigenvalue weighted by atomic mass is 127. The van der Waals surface area contributed by atoms with Crippen LogP contribution in [0.2, 0.25) is 0 Å². The second-order valence-corrected chi connectivity index (χ2v) is 7.44. The van der Waals surface area contributed by atoms with E-state index in [1.807, 2.05) is 6.07 Å². The summed E-state index contributed by atoms with van der Waals surface area (Å²) in [7, 11) is 3.31. The fraction of sp³-hybridized carbons (Fsp3) is 0.435. The number of aliphatic imine (C=N–C) groups is 1. The van der Waals surface area contributed by atoms with Gasteiger partial charge in [0.2, 0.25) is 0 Å². The summed E-state index contributed by atoms with van der Waals surface area (Å²) in [4.78, 5) is 6.78. The maximum absolute atomic E-state index is 13.7. The maximum Gasteiger partial charge on any atom is 0.191 e. The molecule has 0 radical (unpaired) electrons. The Bertz CT molecular complexity index is 807. The normalized spacial score (nSPS) is 14.4. The Labute approximate surface area is 196 Å². The molecule has 1 aliphatic heterocycles. The maximum atomic E-state index is 13.7. The molecule has 1 aliphatic rings. The van der Waals surface area contributed by atoms with Crippen LogP contribution in [0.1, 0.15) is 35.1 Å². The van der Waals surface area contributed by atoms with Crippen molar-refractivity contribution < 1.29 is 9.13 Å². The molecule has 5 nitrogen and oxygen atoms in total. The largest absolute Gasteiger partial charge is 0.380 e. The zero-order valence-corrected chi connectivity index (χ0v) is 20.1. The van der Waals surface area contributed by atoms with E-state index >= 15 is 0 Å². The number of methoxy groups -OCH3 is 1. The molecule has 164 valence electrons. The predicted octanol–water partition coefficient (Wildman–Crippen LogP) is 4.05. The fourth-order valence-corrected chi connectivity index (χ4v) is 3.56. The first-order valence-corrected chi connectivity index (χ1v) is 10.2. The predicted molar refractivity (Wildman–Crippen MR) is 131 cm³/mol. The lowest BCUT2D eigenvalue weighted by atomic mass is 10.1. The van der Waals surface area contributed by atoms with Gasteiger partial charge in [-0.25, -0.2) is 4.39 Å². The Morgan fingerprint density at radius 1 is 1.00 bits per heavy atom. The number of likely N-dealkylation sites (tertiary alicyclic amines) is 1. The van der Waals surface area contributed by atoms with Gasteiger partial charge in [0.25, 0.3) is 0 Å². The first-order chi connectivity index (χ1) is 14.2. The monoisotopic (exact) mass is 526 g/mol. The van der Waals surface area contributed by atoms with Gasteiger partial charge >= 0.3 is 0 Å². The van der Waals surface area contributed by atoms with E-state index in [0.29, 0.717) is 24.6 Å². The number of benzene rings is 2. The van der Waals surface area contributed by atoms with Crippen LogP contribution in [0, 0.1) is 5.82 Å². The molecule has 3 rings (SSSR count). The van der Waals surface area contributed by atoms with Gasteiger partial charge in [-0.3, -0.25) is 9.89 Å². The molecular formula is C23H32FIN4O. The third-order valence-electron chi connectivity index (χ3n) is 5.18. The van der Waals surface area contributed by atoms with E-state index in [-0.39, 0.29) is 36.4 Å². The van der Waals surface area contributed by atoms with Gasteiger partial charge in [0.1, 0.15) is 5.82 Å². The van der Waals surface area contributed by atoms with Crippen molar-refractivity contribution >= 4 is 29.9 Å². The van der Waals surface area contributed by atoms with Crippen molar-refractivity contribution in [1.82, 2.24) is 15.5 Å². The molecule has 0 unspecified atom stereocenters. The third-order valence-corrected chi connectivity index (χ3v) is 5.18. The molecule has 0 bridgehead atoms. The Kier molecular flexibility index (Phi) is 10.5. The van der Waals surface area contributed by atoms with Gasteiger partial charge in [0.05, 0.1) is 6.61 Å². The molecule has 0 spiro atoms. The lowest BCUT2D eigenvalue weighted by Crippen LogP contribution is -2.36. The molecule has 0 aromatic heterocycles. The van der Waals surface area contributed by atoms with Crippen LogP contribution in [0.15, 0.2) is 47.5 Å². The lowest BCUT2D eigenvalue weighted by Gasteiger charge is -2.15. The second kappa shape index (κ2) is 12.9. The number of halogens is 2. The van der Waals surface area contributed by atoms with Crippen molar-refractivity contribution in [3.05, 3.63) is 70.5 Å². The fourth-order valence-electron chi connectivity index (χ4n) is 3.56. The zero-order chi connectivity index (χ0) is 20.5. The third kappa shape index (κ3) is 7.52. The Hall–Kier alpha value is -1.71. The van der Waals surface area contributed by atoms with Gasteiger partial charge in [-0.2, -0.15) is 0 Å². The van der Waals surface area contributed by atoms with Crippen molar-refractivity contribution in [2.24, 2.45) is 4.99 Å². The minimum absolute atomic E-state index is 0. The van der Waals surface area contributed by atoms with Crippen LogP contribution >= 0.6 is 24.0 Å². The van der Waals surface area contributed by atoms with Gasteiger partial charge in [0.15, 0.2) is 5.96 Å². The summed E-state index contributed by atoms with van der Waals surface area (Å²) in [6.45, 7) is 4.99. The van der Waals surface area contributed by atoms with Crippen LogP contribution in [-0.4, -0.2) is 38.1 Å². The summed E-state index contributed by atoms with van der Waals surface area (Å²) in [6.07, 6.45) is 2.64. The topological polar surface area (TPSA) is 48.9 Å². The summed E-state index contributed by atoms with van der Waals surface area (Å²) in [5.74, 6) is 0.468. The Morgan fingerprint density at radius 3 is 2.23 bits per heavy atom. The van der Waals surface area contributed by atoms with Crippen molar-refractivity contribution in [2.75, 3.05) is 27.2 Å². The van der Waals surface area contributed by atoms with Crippen LogP contribution in [0.5, 0.6) is 0 Å². The molecule has 2 N–H and O–H groups in total. The molecule has 0 saturated carbocycles. The SMILES string of the molecule is CN=C(NCc1ccc(CN2CCCC2)cc1)NCc1ccc(F)c(COC)c1.I. The smallest absolute Gasteiger partial charge is 0.191 e. The standard InChI is InChI=1S/C23H31FN4O.HI/c1-25-23(27-15-20-9-10-22(24)21(13-20)17-29-2)26-14-18-5-7-19(8-6-18)16-28-11-3-4-12-28;/h5-10,13H,3-4,11-12,14-17H2,1-2H3,(H2,25,26,27);1H. The first-order valence-electron chi connectivity index (χ1n) is 10.2. The van der Waals surface area contributed by atoms with E-state index < -0.39 is 0 Å². The highest BCUT2D eigenvalue weighted by molar-refractivity contribution is 14.0. The second-order valence-electron chi connectivity index (χ2n) is 7.44. The molecule has 2 aromatic rings. The highest BCUT2D eigenvalue weighted by Gasteiger charge is 2.11. The first kappa shape index (κ1) is 24.6. The molecule has 1 saturated heterocycles. The molecule has 2 aromatic carbocycles. The minimum atomic E-state index is -0.244. The number of guanidine groups is 1. The molecule has 0 amide bonds. The van der Waals surface area contributed by atoms with Crippen molar-refractivity contribution in [2.45, 2.75) is 39.1 Å². The van der Waals surface area contributed by atoms with Crippen LogP contribution < -0.4 is 10.6 Å². The number of hydrogen-bond donors (Lipinski definition) is 2. The van der Waals surface area contributed by atoms with Crippen LogP contribution in [-0.2, 0) is 31.0 Å². The number of ether oxygens (including phenoxy) is 1. The summed E-state index contributed by atoms with van der Waals surface area (Å²) in [5, 5.41) is 6.60. The highest BCUT2D eigenvalue weighted by Crippen LogP contribution is 2.14. The zero-order valence-electron chi connectivity index (χ0n) is 17.8. The number of hydrogen-bond acceptors (Lipinski definition) is 3. The van der Waals surface area contributed by atoms with E-state index in [2.05, 4.69) is 44.8 Å². The van der Waals surface area contributed by atoms with Crippen molar-refractivity contribution in [3.8, 4) is 0 Å². The number of nitrogens with zero attached hydrogens (tertiary/aromatic N) is 2. The van der Waals surface area contributed by atoms with E-state index in [1.165, 1.54) is 43.1 Å². The molecule has 1 fully saturated rings. The minimum Gasteiger partial charge on any atom is -0.380 e. The molecule has 0 atom stereocenters. The van der Waals surface area contributed by atoms with Gasteiger partial charge < -0.3 is 15.4 Å². The lowest BCUT2D eigenvalue weighted by molar-refractivity contribution is 0.181. The van der Waals surface area contributed by atoms with Gasteiger partial charge in [-0.1, -0.05) is 30.3 Å². The molecule has 0 aliphatic carbocycles. The number of nitrogens with one attached hydrogen (secondary N) is 2. The average Bonchev–Trinajstić information content (AvgIpc) is 3.25. The Balaban J connectivity index is 0.00000320. The quantitative estimate of drug-likeness (QED) is 0.310. The van der Waals surface area contributed by atoms with Crippen molar-refractivity contribution in [1.29, 1.82) is 0 Å². The van der Waals surface area contributed by atoms with Gasteiger partial charge in [0, 0.05) is 39.4 Å². The molecule has 30 heavy (non-hydrogen) atoms. The molecule has 1 heterocycles. The van der Waals surface area contributed by atoms with Crippen LogP contribution in [0.25, 0.3) is 0 Å². The summed E-state index contributed by atoms with van der Waals surface area (Å²) < 4.78 is 18.8. The van der Waals surface area contributed by atoms with E-state index in [1.54, 1.807) is 20.2 Å². The molecular weight excluding hydrogens is 494 g/mol. The van der Waals surface area contributed by atoms with E-state index in [9.17, 15) is 4.39 Å². The average molecular weight is 526 g/mol. The summed E-state index contributed by atoms with van der Waals surface area (Å²) >= 11 is 0. The van der Waals surface area contributed by atoms with Gasteiger partial charge in [-0.15, -0.1) is 24.0 Å². The summed E-state index contributed by atoms with van der Waals surface area (Å²) in [6, 6.07) is 13.8. The van der Waals surface area contributed by atoms with Crippen LogP contribution in [0.4, 0.5) is 4.39 Å². The van der Waals surface area contributed by atoms with E-state index in [0.717, 1.165) is 12.1 Å². The van der Waals surface area contributed by atoms with Crippen LogP contribution in [0.3, 0.4) is 0 Å². The summed E-state index contributed by atoms with van der Waals surface area (Å²) in [5.41, 5.74) is 4.11. The van der Waals surface area contributed by atoms with E-state index in [4.69, 9.17) is 4.74 Å². The van der Waals surface area contributed by atoms with Gasteiger partial charge in [-0.05, 0) is 54.8 Å². The number of rotatable bonds is 8. The van der Waals surface area contributed by atoms with Crippen molar-refractivity contribution in [3.63, 3.8) is 0 Å².